The molecular formula is C17H17NO3. The van der Waals surface area contributed by atoms with Gasteiger partial charge in [-0.1, -0.05) is 12.2 Å². The van der Waals surface area contributed by atoms with Gasteiger partial charge in [0.1, 0.15) is 5.75 Å². The summed E-state index contributed by atoms with van der Waals surface area (Å²) in [4.78, 5) is 26.8. The fourth-order valence-electron chi connectivity index (χ4n) is 4.16. The average Bonchev–Trinajstić information content (AvgIpc) is 3.13. The molecule has 4 nitrogen and oxygen atoms in total. The molecule has 21 heavy (non-hydrogen) atoms. The van der Waals surface area contributed by atoms with Gasteiger partial charge in [0.25, 0.3) is 0 Å². The monoisotopic (exact) mass is 283 g/mol. The first-order valence-electron chi connectivity index (χ1n) is 7.32. The number of carbonyl (C=O) groups excluding carboxylic acids is 2. The molecule has 0 unspecified atom stereocenters. The molecule has 1 aromatic rings. The Morgan fingerprint density at radius 2 is 1.71 bits per heavy atom. The van der Waals surface area contributed by atoms with Crippen molar-refractivity contribution in [3.63, 3.8) is 0 Å². The molecule has 0 spiro atoms. The van der Waals surface area contributed by atoms with E-state index in [1.54, 1.807) is 13.2 Å². The number of methoxy groups -OCH3 is 1. The van der Waals surface area contributed by atoms with Crippen LogP contribution in [-0.4, -0.2) is 18.9 Å². The third-order valence-electron chi connectivity index (χ3n) is 5.11. The lowest BCUT2D eigenvalue weighted by atomic mass is 9.85. The van der Waals surface area contributed by atoms with Crippen molar-refractivity contribution in [3.05, 3.63) is 35.9 Å². The van der Waals surface area contributed by atoms with Crippen LogP contribution in [0.3, 0.4) is 0 Å². The van der Waals surface area contributed by atoms with Gasteiger partial charge in [-0.2, -0.15) is 0 Å². The fraction of sp³-hybridized carbons (Fsp3) is 0.412. The molecule has 0 aromatic heterocycles. The van der Waals surface area contributed by atoms with Crippen LogP contribution in [0, 0.1) is 30.6 Å². The van der Waals surface area contributed by atoms with E-state index in [0.717, 1.165) is 17.7 Å². The molecule has 2 amide bonds. The summed E-state index contributed by atoms with van der Waals surface area (Å²) in [5, 5.41) is 0. The van der Waals surface area contributed by atoms with Gasteiger partial charge in [-0.25, -0.2) is 0 Å². The number of carbonyl (C=O) groups is 2. The molecule has 4 rings (SSSR count). The standard InChI is InChI=1S/C17H17NO3/c1-9-7-12(5-6-13(9)21-2)18-16(19)14-10-3-4-11(8-10)15(14)17(18)20/h3-7,10-11,14-15H,8H2,1-2H3/t10-,11-,14+,15+/m0/s1. The Balaban J connectivity index is 1.72. The molecule has 4 atom stereocenters. The second kappa shape index (κ2) is 4.20. The number of fused-ring (bicyclic) bond motifs is 5. The first-order valence-corrected chi connectivity index (χ1v) is 7.32. The van der Waals surface area contributed by atoms with Gasteiger partial charge in [0, 0.05) is 0 Å². The number of hydrogen-bond donors (Lipinski definition) is 0. The molecule has 1 saturated carbocycles. The van der Waals surface area contributed by atoms with E-state index in [2.05, 4.69) is 12.2 Å². The normalized spacial score (nSPS) is 33.0. The topological polar surface area (TPSA) is 46.6 Å². The highest BCUT2D eigenvalue weighted by Gasteiger charge is 2.59. The predicted molar refractivity (Wildman–Crippen MR) is 77.9 cm³/mol. The Labute approximate surface area is 123 Å². The summed E-state index contributed by atoms with van der Waals surface area (Å²) >= 11 is 0. The predicted octanol–water partition coefficient (Wildman–Crippen LogP) is 2.32. The smallest absolute Gasteiger partial charge is 0.238 e. The number of nitrogens with zero attached hydrogens (tertiary/aromatic N) is 1. The summed E-state index contributed by atoms with van der Waals surface area (Å²) < 4.78 is 5.24. The number of benzene rings is 1. The maximum atomic E-state index is 12.7. The quantitative estimate of drug-likeness (QED) is 0.618. The Kier molecular flexibility index (Phi) is 2.52. The van der Waals surface area contributed by atoms with Crippen molar-refractivity contribution in [2.24, 2.45) is 23.7 Å². The number of amides is 2. The molecular weight excluding hydrogens is 266 g/mol. The molecule has 108 valence electrons. The van der Waals surface area contributed by atoms with E-state index >= 15 is 0 Å². The van der Waals surface area contributed by atoms with Crippen molar-refractivity contribution < 1.29 is 14.3 Å². The lowest BCUT2D eigenvalue weighted by Crippen LogP contribution is -2.32. The minimum absolute atomic E-state index is 0.0357. The SMILES string of the molecule is COc1ccc(N2C(=O)[C@H]3[C@H](C2=O)[C@H]2C=C[C@H]3C2)cc1C. The molecule has 0 radical (unpaired) electrons. The number of anilines is 1. The molecule has 3 aliphatic rings. The van der Waals surface area contributed by atoms with Gasteiger partial charge in [-0.15, -0.1) is 0 Å². The van der Waals surface area contributed by atoms with Crippen molar-refractivity contribution in [1.29, 1.82) is 0 Å². The first-order chi connectivity index (χ1) is 10.1. The highest BCUT2D eigenvalue weighted by molar-refractivity contribution is 6.22. The van der Waals surface area contributed by atoms with Crippen LogP contribution in [-0.2, 0) is 9.59 Å². The molecule has 0 N–H and O–H groups in total. The van der Waals surface area contributed by atoms with E-state index in [1.807, 2.05) is 19.1 Å². The van der Waals surface area contributed by atoms with Gasteiger partial charge in [0.2, 0.25) is 11.8 Å². The number of ether oxygens (including phenoxy) is 1. The zero-order chi connectivity index (χ0) is 14.7. The Morgan fingerprint density at radius 3 is 2.24 bits per heavy atom. The van der Waals surface area contributed by atoms with Gasteiger partial charge in [0.15, 0.2) is 0 Å². The van der Waals surface area contributed by atoms with Crippen LogP contribution in [0.1, 0.15) is 12.0 Å². The van der Waals surface area contributed by atoms with Crippen molar-refractivity contribution >= 4 is 17.5 Å². The second-order valence-electron chi connectivity index (χ2n) is 6.17. The van der Waals surface area contributed by atoms with Gasteiger partial charge in [-0.3, -0.25) is 14.5 Å². The number of allylic oxidation sites excluding steroid dienone is 2. The molecule has 1 saturated heterocycles. The molecule has 1 heterocycles. The Morgan fingerprint density at radius 1 is 1.10 bits per heavy atom. The van der Waals surface area contributed by atoms with Gasteiger partial charge in [0.05, 0.1) is 24.6 Å². The summed E-state index contributed by atoms with van der Waals surface area (Å²) in [5.74, 6) is 0.906. The molecule has 2 bridgehead atoms. The first kappa shape index (κ1) is 12.6. The third kappa shape index (κ3) is 1.56. The van der Waals surface area contributed by atoms with E-state index in [-0.39, 0.29) is 35.5 Å². The summed E-state index contributed by atoms with van der Waals surface area (Å²) in [6.07, 6.45) is 5.18. The van der Waals surface area contributed by atoms with E-state index in [9.17, 15) is 9.59 Å². The summed E-state index contributed by atoms with van der Waals surface area (Å²) in [5.41, 5.74) is 1.59. The largest absolute Gasteiger partial charge is 0.496 e. The van der Waals surface area contributed by atoms with Crippen molar-refractivity contribution in [1.82, 2.24) is 0 Å². The lowest BCUT2D eigenvalue weighted by molar-refractivity contribution is -0.123. The Hall–Kier alpha value is -2.10. The third-order valence-corrected chi connectivity index (χ3v) is 5.11. The highest BCUT2D eigenvalue weighted by atomic mass is 16.5. The van der Waals surface area contributed by atoms with E-state index in [0.29, 0.717) is 5.69 Å². The molecule has 4 heteroatoms. The average molecular weight is 283 g/mol. The van der Waals surface area contributed by atoms with Crippen LogP contribution in [0.15, 0.2) is 30.4 Å². The van der Waals surface area contributed by atoms with Crippen LogP contribution in [0.25, 0.3) is 0 Å². The van der Waals surface area contributed by atoms with E-state index in [1.165, 1.54) is 4.90 Å². The molecule has 2 aliphatic carbocycles. The van der Waals surface area contributed by atoms with Crippen LogP contribution in [0.4, 0.5) is 5.69 Å². The van der Waals surface area contributed by atoms with Crippen LogP contribution >= 0.6 is 0 Å². The molecule has 1 aromatic carbocycles. The van der Waals surface area contributed by atoms with Gasteiger partial charge in [-0.05, 0) is 48.9 Å². The van der Waals surface area contributed by atoms with Crippen molar-refractivity contribution in [2.45, 2.75) is 13.3 Å². The highest BCUT2D eigenvalue weighted by Crippen LogP contribution is 2.53. The van der Waals surface area contributed by atoms with Crippen LogP contribution in [0.2, 0.25) is 0 Å². The molecule has 1 aliphatic heterocycles. The van der Waals surface area contributed by atoms with Crippen molar-refractivity contribution in [2.75, 3.05) is 12.0 Å². The summed E-state index contributed by atoms with van der Waals surface area (Å²) in [7, 11) is 1.61. The second-order valence-corrected chi connectivity index (χ2v) is 6.17. The Bertz CT molecular complexity index is 649. The number of hydrogen-bond acceptors (Lipinski definition) is 3. The van der Waals surface area contributed by atoms with Crippen molar-refractivity contribution in [3.8, 4) is 5.75 Å². The molecule has 2 fully saturated rings. The van der Waals surface area contributed by atoms with E-state index in [4.69, 9.17) is 4.74 Å². The number of aryl methyl sites for hydroxylation is 1. The zero-order valence-electron chi connectivity index (χ0n) is 12.1. The number of rotatable bonds is 2. The minimum atomic E-state index is -0.144. The maximum absolute atomic E-state index is 12.7. The van der Waals surface area contributed by atoms with E-state index < -0.39 is 0 Å². The maximum Gasteiger partial charge on any atom is 0.238 e. The zero-order valence-corrected chi connectivity index (χ0v) is 12.1. The van der Waals surface area contributed by atoms with Gasteiger partial charge >= 0.3 is 0 Å². The fourth-order valence-corrected chi connectivity index (χ4v) is 4.16. The van der Waals surface area contributed by atoms with Crippen LogP contribution < -0.4 is 9.64 Å². The van der Waals surface area contributed by atoms with Crippen LogP contribution in [0.5, 0.6) is 5.75 Å². The van der Waals surface area contributed by atoms with Gasteiger partial charge < -0.3 is 4.74 Å². The summed E-state index contributed by atoms with van der Waals surface area (Å²) in [6.45, 7) is 1.92. The lowest BCUT2D eigenvalue weighted by Gasteiger charge is -2.18. The minimum Gasteiger partial charge on any atom is -0.496 e. The number of imide groups is 1. The summed E-state index contributed by atoms with van der Waals surface area (Å²) in [6, 6.07) is 5.45.